The lowest BCUT2D eigenvalue weighted by atomic mass is 9.92. The Morgan fingerprint density at radius 1 is 1.10 bits per heavy atom. The number of amides is 3. The minimum absolute atomic E-state index is 0.111. The highest BCUT2D eigenvalue weighted by molar-refractivity contribution is 6.07. The first-order valence-corrected chi connectivity index (χ1v) is 8.78. The molecule has 1 aliphatic rings. The largest absolute Gasteiger partial charge is 0.325 e. The number of hydrogen-bond acceptors (Lipinski definition) is 4. The average molecular weight is 398 g/mol. The molecule has 3 amide bonds. The Hall–Kier alpha value is -3.62. The lowest BCUT2D eigenvalue weighted by Crippen LogP contribution is -2.41. The van der Waals surface area contributed by atoms with Crippen molar-refractivity contribution >= 4 is 17.6 Å². The molecule has 0 unspecified atom stereocenters. The molecule has 1 atom stereocenters. The molecule has 7 nitrogen and oxygen atoms in total. The number of pyridine rings is 1. The summed E-state index contributed by atoms with van der Waals surface area (Å²) in [5.74, 6) is -2.83. The van der Waals surface area contributed by atoms with Gasteiger partial charge >= 0.3 is 6.03 Å². The zero-order valence-corrected chi connectivity index (χ0v) is 15.6. The van der Waals surface area contributed by atoms with Gasteiger partial charge in [-0.05, 0) is 43.2 Å². The van der Waals surface area contributed by atoms with Crippen LogP contribution in [0, 0.1) is 18.6 Å². The van der Waals surface area contributed by atoms with Crippen molar-refractivity contribution in [2.75, 3.05) is 0 Å². The SMILES string of the molecule is Cc1cccn2c(=O)cc(CN3C(=O)N[C@@](C)(c4ccc(F)c(F)c4)C3=O)nc12. The van der Waals surface area contributed by atoms with Crippen LogP contribution in [0.4, 0.5) is 13.6 Å². The zero-order valence-electron chi connectivity index (χ0n) is 15.6. The molecule has 29 heavy (non-hydrogen) atoms. The average Bonchev–Trinajstić information content (AvgIpc) is 2.89. The number of halogens is 2. The van der Waals surface area contributed by atoms with Gasteiger partial charge in [-0.15, -0.1) is 0 Å². The van der Waals surface area contributed by atoms with Crippen LogP contribution >= 0.6 is 0 Å². The predicted octanol–water partition coefficient (Wildman–Crippen LogP) is 2.25. The fourth-order valence-corrected chi connectivity index (χ4v) is 3.40. The fraction of sp³-hybridized carbons (Fsp3) is 0.200. The summed E-state index contributed by atoms with van der Waals surface area (Å²) >= 11 is 0. The molecule has 1 fully saturated rings. The number of aryl methyl sites for hydroxylation is 1. The third kappa shape index (κ3) is 2.95. The molecule has 1 N–H and O–H groups in total. The predicted molar refractivity (Wildman–Crippen MR) is 99.0 cm³/mol. The van der Waals surface area contributed by atoms with E-state index in [1.807, 2.05) is 0 Å². The maximum atomic E-state index is 13.6. The van der Waals surface area contributed by atoms with Crippen LogP contribution in [0.25, 0.3) is 5.65 Å². The van der Waals surface area contributed by atoms with Crippen LogP contribution in [-0.4, -0.2) is 26.2 Å². The van der Waals surface area contributed by atoms with Crippen LogP contribution in [0.3, 0.4) is 0 Å². The van der Waals surface area contributed by atoms with E-state index in [0.717, 1.165) is 22.6 Å². The number of imide groups is 1. The molecule has 3 aromatic rings. The number of rotatable bonds is 3. The maximum Gasteiger partial charge on any atom is 0.325 e. The van der Waals surface area contributed by atoms with Crippen LogP contribution in [0.15, 0.2) is 47.4 Å². The molecular weight excluding hydrogens is 382 g/mol. The first-order valence-electron chi connectivity index (χ1n) is 8.78. The van der Waals surface area contributed by atoms with Crippen molar-refractivity contribution in [2.24, 2.45) is 0 Å². The monoisotopic (exact) mass is 398 g/mol. The minimum Gasteiger partial charge on any atom is -0.319 e. The van der Waals surface area contributed by atoms with Gasteiger partial charge in [0, 0.05) is 12.3 Å². The summed E-state index contributed by atoms with van der Waals surface area (Å²) in [4.78, 5) is 43.1. The lowest BCUT2D eigenvalue weighted by molar-refractivity contribution is -0.131. The van der Waals surface area contributed by atoms with E-state index in [9.17, 15) is 23.2 Å². The van der Waals surface area contributed by atoms with Crippen molar-refractivity contribution in [3.63, 3.8) is 0 Å². The summed E-state index contributed by atoms with van der Waals surface area (Å²) in [6, 6.07) is 7.06. The smallest absolute Gasteiger partial charge is 0.319 e. The normalized spacial score (nSPS) is 19.1. The number of fused-ring (bicyclic) bond motifs is 1. The van der Waals surface area contributed by atoms with Gasteiger partial charge in [-0.2, -0.15) is 0 Å². The Bertz CT molecular complexity index is 1240. The molecule has 1 saturated heterocycles. The van der Waals surface area contributed by atoms with Gasteiger partial charge in [0.2, 0.25) is 0 Å². The van der Waals surface area contributed by atoms with E-state index in [1.165, 1.54) is 23.5 Å². The number of aromatic nitrogens is 2. The zero-order chi connectivity index (χ0) is 20.9. The summed E-state index contributed by atoms with van der Waals surface area (Å²) < 4.78 is 28.3. The van der Waals surface area contributed by atoms with Crippen molar-refractivity contribution in [3.05, 3.63) is 81.4 Å². The molecule has 0 aliphatic carbocycles. The van der Waals surface area contributed by atoms with Gasteiger partial charge < -0.3 is 5.32 Å². The fourth-order valence-electron chi connectivity index (χ4n) is 3.40. The van der Waals surface area contributed by atoms with E-state index in [-0.39, 0.29) is 23.4 Å². The van der Waals surface area contributed by atoms with E-state index in [4.69, 9.17) is 0 Å². The molecule has 3 heterocycles. The molecule has 0 radical (unpaired) electrons. The van der Waals surface area contributed by atoms with Gasteiger partial charge in [-0.25, -0.2) is 18.6 Å². The Balaban J connectivity index is 1.70. The highest BCUT2D eigenvalue weighted by Crippen LogP contribution is 2.30. The van der Waals surface area contributed by atoms with E-state index in [0.29, 0.717) is 5.65 Å². The second kappa shape index (κ2) is 6.47. The Kier molecular flexibility index (Phi) is 4.18. The molecule has 0 saturated carbocycles. The summed E-state index contributed by atoms with van der Waals surface area (Å²) in [6.07, 6.45) is 1.58. The van der Waals surface area contributed by atoms with E-state index in [2.05, 4.69) is 10.3 Å². The van der Waals surface area contributed by atoms with Crippen molar-refractivity contribution < 1.29 is 18.4 Å². The van der Waals surface area contributed by atoms with Crippen LogP contribution in [0.2, 0.25) is 0 Å². The molecule has 0 bridgehead atoms. The molecule has 148 valence electrons. The molecule has 1 aliphatic heterocycles. The van der Waals surface area contributed by atoms with Crippen molar-refractivity contribution in [1.29, 1.82) is 0 Å². The number of carbonyl (C=O) groups is 2. The second-order valence-electron chi connectivity index (χ2n) is 7.05. The molecule has 9 heteroatoms. The number of nitrogens with zero attached hydrogens (tertiary/aromatic N) is 3. The van der Waals surface area contributed by atoms with Gasteiger partial charge in [-0.1, -0.05) is 12.1 Å². The van der Waals surface area contributed by atoms with Crippen LogP contribution in [-0.2, 0) is 16.9 Å². The molecule has 4 rings (SSSR count). The number of carbonyl (C=O) groups excluding carboxylic acids is 2. The standard InChI is InChI=1S/C20H16F2N4O3/c1-11-4-3-7-25-16(27)9-13(23-17(11)25)10-26-18(28)20(2,24-19(26)29)12-5-6-14(21)15(22)8-12/h3-9H,10H2,1-2H3,(H,24,29)/t20-/m0/s1. The van der Waals surface area contributed by atoms with Crippen molar-refractivity contribution in [3.8, 4) is 0 Å². The third-order valence-electron chi connectivity index (χ3n) is 5.03. The van der Waals surface area contributed by atoms with E-state index >= 15 is 0 Å². The highest BCUT2D eigenvalue weighted by Gasteiger charge is 2.49. The molecular formula is C20H16F2N4O3. The van der Waals surface area contributed by atoms with Gasteiger partial charge in [0.05, 0.1) is 12.2 Å². The Morgan fingerprint density at radius 3 is 2.59 bits per heavy atom. The maximum absolute atomic E-state index is 13.6. The summed E-state index contributed by atoms with van der Waals surface area (Å²) in [7, 11) is 0. The topological polar surface area (TPSA) is 83.8 Å². The van der Waals surface area contributed by atoms with E-state index in [1.54, 1.807) is 25.3 Å². The Labute approximate surface area is 163 Å². The van der Waals surface area contributed by atoms with Gasteiger partial charge in [-0.3, -0.25) is 18.9 Å². The quantitative estimate of drug-likeness (QED) is 0.686. The first kappa shape index (κ1) is 18.7. The summed E-state index contributed by atoms with van der Waals surface area (Å²) in [5, 5.41) is 2.51. The minimum atomic E-state index is -1.56. The number of urea groups is 1. The van der Waals surface area contributed by atoms with Crippen LogP contribution in [0.1, 0.15) is 23.7 Å². The van der Waals surface area contributed by atoms with Gasteiger partial charge in [0.15, 0.2) is 11.6 Å². The second-order valence-corrected chi connectivity index (χ2v) is 7.05. The van der Waals surface area contributed by atoms with Gasteiger partial charge in [0.25, 0.3) is 11.5 Å². The van der Waals surface area contributed by atoms with Gasteiger partial charge in [0.1, 0.15) is 11.2 Å². The summed E-state index contributed by atoms with van der Waals surface area (Å²) in [5.41, 5.74) is -0.375. The van der Waals surface area contributed by atoms with Crippen molar-refractivity contribution in [2.45, 2.75) is 25.9 Å². The third-order valence-corrected chi connectivity index (χ3v) is 5.03. The molecule has 0 spiro atoms. The first-order chi connectivity index (χ1) is 13.7. The van der Waals surface area contributed by atoms with Crippen LogP contribution in [0.5, 0.6) is 0 Å². The lowest BCUT2D eigenvalue weighted by Gasteiger charge is -2.22. The highest BCUT2D eigenvalue weighted by atomic mass is 19.2. The molecule has 2 aromatic heterocycles. The molecule has 1 aromatic carbocycles. The Morgan fingerprint density at radius 2 is 1.86 bits per heavy atom. The number of hydrogen-bond donors (Lipinski definition) is 1. The number of nitrogens with one attached hydrogen (secondary N) is 1. The van der Waals surface area contributed by atoms with Crippen molar-refractivity contribution in [1.82, 2.24) is 19.6 Å². The van der Waals surface area contributed by atoms with Crippen LogP contribution < -0.4 is 10.9 Å². The number of benzene rings is 1. The summed E-state index contributed by atoms with van der Waals surface area (Å²) in [6.45, 7) is 2.97. The van der Waals surface area contributed by atoms with E-state index < -0.39 is 29.1 Å².